The lowest BCUT2D eigenvalue weighted by Crippen LogP contribution is -2.31. The standard InChI is InChI=1S/C16H32O2/c1-3-5-9-12-17-14-15-10-7-8-11-16(15)18-13-6-4-2/h15-16H,3-14H2,1-2H3. The van der Waals surface area contributed by atoms with Gasteiger partial charge >= 0.3 is 0 Å². The number of hydrogen-bond donors (Lipinski definition) is 0. The first-order chi connectivity index (χ1) is 8.88. The molecule has 1 saturated carbocycles. The number of ether oxygens (including phenoxy) is 2. The van der Waals surface area contributed by atoms with Crippen LogP contribution >= 0.6 is 0 Å². The molecule has 108 valence electrons. The minimum absolute atomic E-state index is 0.469. The Labute approximate surface area is 113 Å². The van der Waals surface area contributed by atoms with Crippen LogP contribution in [0.25, 0.3) is 0 Å². The van der Waals surface area contributed by atoms with Crippen molar-refractivity contribution in [3.63, 3.8) is 0 Å². The molecule has 0 aromatic heterocycles. The lowest BCUT2D eigenvalue weighted by Gasteiger charge is -2.31. The summed E-state index contributed by atoms with van der Waals surface area (Å²) in [5.74, 6) is 0.650. The zero-order chi connectivity index (χ0) is 13.1. The predicted molar refractivity (Wildman–Crippen MR) is 77.0 cm³/mol. The molecular formula is C16H32O2. The van der Waals surface area contributed by atoms with E-state index in [2.05, 4.69) is 13.8 Å². The summed E-state index contributed by atoms with van der Waals surface area (Å²) in [6.45, 7) is 7.25. The first kappa shape index (κ1) is 16.0. The van der Waals surface area contributed by atoms with Crippen molar-refractivity contribution in [3.05, 3.63) is 0 Å². The molecule has 2 atom stereocenters. The lowest BCUT2D eigenvalue weighted by molar-refractivity contribution is -0.0438. The minimum atomic E-state index is 0.469. The van der Waals surface area contributed by atoms with E-state index in [1.165, 1.54) is 57.8 Å². The molecule has 1 aliphatic carbocycles. The molecule has 0 heterocycles. The van der Waals surface area contributed by atoms with E-state index < -0.39 is 0 Å². The summed E-state index contributed by atoms with van der Waals surface area (Å²) in [7, 11) is 0. The first-order valence-electron chi connectivity index (χ1n) is 8.07. The van der Waals surface area contributed by atoms with Crippen molar-refractivity contribution in [3.8, 4) is 0 Å². The van der Waals surface area contributed by atoms with Crippen LogP contribution in [0.4, 0.5) is 0 Å². The van der Waals surface area contributed by atoms with Gasteiger partial charge in [0.15, 0.2) is 0 Å². The summed E-state index contributed by atoms with van der Waals surface area (Å²) in [6.07, 6.45) is 11.9. The Morgan fingerprint density at radius 1 is 0.889 bits per heavy atom. The predicted octanol–water partition coefficient (Wildman–Crippen LogP) is 4.57. The molecule has 0 radical (unpaired) electrons. The SMILES string of the molecule is CCCCCOCC1CCCCC1OCCCC. The van der Waals surface area contributed by atoms with Gasteiger partial charge in [0, 0.05) is 19.1 Å². The van der Waals surface area contributed by atoms with Crippen molar-refractivity contribution < 1.29 is 9.47 Å². The molecule has 2 heteroatoms. The van der Waals surface area contributed by atoms with E-state index in [4.69, 9.17) is 9.47 Å². The van der Waals surface area contributed by atoms with Gasteiger partial charge < -0.3 is 9.47 Å². The van der Waals surface area contributed by atoms with Crippen molar-refractivity contribution >= 4 is 0 Å². The van der Waals surface area contributed by atoms with Gasteiger partial charge in [-0.15, -0.1) is 0 Å². The van der Waals surface area contributed by atoms with Crippen LogP contribution in [0.5, 0.6) is 0 Å². The van der Waals surface area contributed by atoms with Crippen molar-refractivity contribution in [1.29, 1.82) is 0 Å². The van der Waals surface area contributed by atoms with E-state index in [0.717, 1.165) is 19.8 Å². The molecule has 0 saturated heterocycles. The van der Waals surface area contributed by atoms with E-state index in [0.29, 0.717) is 12.0 Å². The van der Waals surface area contributed by atoms with Crippen LogP contribution in [0.2, 0.25) is 0 Å². The van der Waals surface area contributed by atoms with E-state index in [1.54, 1.807) is 0 Å². The Kier molecular flexibility index (Phi) is 9.59. The molecule has 18 heavy (non-hydrogen) atoms. The maximum absolute atomic E-state index is 6.03. The molecule has 0 amide bonds. The Morgan fingerprint density at radius 2 is 1.67 bits per heavy atom. The molecule has 0 spiro atoms. The topological polar surface area (TPSA) is 18.5 Å². The third kappa shape index (κ3) is 6.75. The molecule has 0 aromatic rings. The van der Waals surface area contributed by atoms with Crippen LogP contribution in [-0.4, -0.2) is 25.9 Å². The highest BCUT2D eigenvalue weighted by Gasteiger charge is 2.25. The average molecular weight is 256 g/mol. The van der Waals surface area contributed by atoms with E-state index in [1.807, 2.05) is 0 Å². The van der Waals surface area contributed by atoms with Gasteiger partial charge in [-0.25, -0.2) is 0 Å². The van der Waals surface area contributed by atoms with Crippen molar-refractivity contribution in [2.45, 2.75) is 77.7 Å². The van der Waals surface area contributed by atoms with Crippen LogP contribution in [0.1, 0.15) is 71.6 Å². The Balaban J connectivity index is 2.13. The van der Waals surface area contributed by atoms with Gasteiger partial charge in [0.1, 0.15) is 0 Å². The number of rotatable bonds is 10. The van der Waals surface area contributed by atoms with Crippen LogP contribution in [-0.2, 0) is 9.47 Å². The van der Waals surface area contributed by atoms with Gasteiger partial charge in [-0.05, 0) is 25.7 Å². The largest absolute Gasteiger partial charge is 0.381 e. The van der Waals surface area contributed by atoms with Crippen LogP contribution < -0.4 is 0 Å². The molecule has 0 bridgehead atoms. The zero-order valence-corrected chi connectivity index (χ0v) is 12.5. The highest BCUT2D eigenvalue weighted by atomic mass is 16.5. The Morgan fingerprint density at radius 3 is 2.44 bits per heavy atom. The van der Waals surface area contributed by atoms with Gasteiger partial charge in [0.2, 0.25) is 0 Å². The summed E-state index contributed by atoms with van der Waals surface area (Å²) in [5, 5.41) is 0. The molecule has 0 N–H and O–H groups in total. The van der Waals surface area contributed by atoms with Crippen molar-refractivity contribution in [1.82, 2.24) is 0 Å². The quantitative estimate of drug-likeness (QED) is 0.533. The molecule has 1 rings (SSSR count). The summed E-state index contributed by atoms with van der Waals surface area (Å²) < 4.78 is 11.9. The Bertz CT molecular complexity index is 182. The highest BCUT2D eigenvalue weighted by Crippen LogP contribution is 2.27. The highest BCUT2D eigenvalue weighted by molar-refractivity contribution is 4.75. The lowest BCUT2D eigenvalue weighted by atomic mass is 9.87. The van der Waals surface area contributed by atoms with E-state index in [-0.39, 0.29) is 0 Å². The maximum Gasteiger partial charge on any atom is 0.0625 e. The molecule has 0 aromatic carbocycles. The molecule has 2 nitrogen and oxygen atoms in total. The molecule has 1 aliphatic rings. The van der Waals surface area contributed by atoms with Gasteiger partial charge in [-0.2, -0.15) is 0 Å². The molecule has 0 aliphatic heterocycles. The summed E-state index contributed by atoms with van der Waals surface area (Å²) in [5.41, 5.74) is 0. The zero-order valence-electron chi connectivity index (χ0n) is 12.5. The van der Waals surface area contributed by atoms with Crippen molar-refractivity contribution in [2.75, 3.05) is 19.8 Å². The van der Waals surface area contributed by atoms with Gasteiger partial charge in [0.05, 0.1) is 12.7 Å². The first-order valence-corrected chi connectivity index (χ1v) is 8.07. The third-order valence-corrected chi connectivity index (χ3v) is 3.89. The Hall–Kier alpha value is -0.0800. The fraction of sp³-hybridized carbons (Fsp3) is 1.00. The van der Waals surface area contributed by atoms with Gasteiger partial charge in [0.25, 0.3) is 0 Å². The van der Waals surface area contributed by atoms with Crippen molar-refractivity contribution in [2.24, 2.45) is 5.92 Å². The van der Waals surface area contributed by atoms with Crippen LogP contribution in [0.15, 0.2) is 0 Å². The monoisotopic (exact) mass is 256 g/mol. The van der Waals surface area contributed by atoms with Gasteiger partial charge in [-0.3, -0.25) is 0 Å². The maximum atomic E-state index is 6.03. The second kappa shape index (κ2) is 10.8. The van der Waals surface area contributed by atoms with E-state index in [9.17, 15) is 0 Å². The molecule has 2 unspecified atom stereocenters. The summed E-state index contributed by atoms with van der Waals surface area (Å²) in [6, 6.07) is 0. The minimum Gasteiger partial charge on any atom is -0.381 e. The fourth-order valence-corrected chi connectivity index (χ4v) is 2.65. The fourth-order valence-electron chi connectivity index (χ4n) is 2.65. The second-order valence-electron chi connectivity index (χ2n) is 5.59. The summed E-state index contributed by atoms with van der Waals surface area (Å²) in [4.78, 5) is 0. The normalized spacial score (nSPS) is 24.3. The van der Waals surface area contributed by atoms with E-state index >= 15 is 0 Å². The summed E-state index contributed by atoms with van der Waals surface area (Å²) >= 11 is 0. The average Bonchev–Trinajstić information content (AvgIpc) is 2.40. The smallest absolute Gasteiger partial charge is 0.0625 e. The molecular weight excluding hydrogens is 224 g/mol. The third-order valence-electron chi connectivity index (χ3n) is 3.89. The van der Waals surface area contributed by atoms with Gasteiger partial charge in [-0.1, -0.05) is 46.0 Å². The van der Waals surface area contributed by atoms with Crippen LogP contribution in [0, 0.1) is 5.92 Å². The number of unbranched alkanes of at least 4 members (excludes halogenated alkanes) is 3. The number of hydrogen-bond acceptors (Lipinski definition) is 2. The van der Waals surface area contributed by atoms with Crippen LogP contribution in [0.3, 0.4) is 0 Å². The second-order valence-corrected chi connectivity index (χ2v) is 5.59. The molecule has 1 fully saturated rings.